The number of methoxy groups -OCH3 is 3. The summed E-state index contributed by atoms with van der Waals surface area (Å²) in [5.41, 5.74) is 1.74. The van der Waals surface area contributed by atoms with Crippen molar-refractivity contribution >= 4 is 11.8 Å². The summed E-state index contributed by atoms with van der Waals surface area (Å²) in [6.45, 7) is 7.85. The molecule has 0 aliphatic carbocycles. The third-order valence-electron chi connectivity index (χ3n) is 4.61. The van der Waals surface area contributed by atoms with Crippen molar-refractivity contribution in [2.45, 2.75) is 39.2 Å². The summed E-state index contributed by atoms with van der Waals surface area (Å²) in [5, 5.41) is 0. The molecule has 0 heterocycles. The van der Waals surface area contributed by atoms with Crippen molar-refractivity contribution in [1.29, 1.82) is 0 Å². The number of carbonyl (C=O) groups is 2. The van der Waals surface area contributed by atoms with Gasteiger partial charge in [-0.3, -0.25) is 4.79 Å². The Hall–Kier alpha value is -3.02. The number of Topliss-reactive ketones (excluding diaryl/α,β-unsaturated/α-hetero) is 1. The van der Waals surface area contributed by atoms with Gasteiger partial charge in [-0.05, 0) is 30.0 Å². The second-order valence-corrected chi connectivity index (χ2v) is 7.62. The monoisotopic (exact) mass is 400 g/mol. The maximum absolute atomic E-state index is 12.7. The number of hydrogen-bond acceptors (Lipinski definition) is 6. The van der Waals surface area contributed by atoms with Gasteiger partial charge in [-0.1, -0.05) is 45.0 Å². The molecule has 0 fully saturated rings. The number of esters is 1. The predicted molar refractivity (Wildman–Crippen MR) is 110 cm³/mol. The molecule has 0 bridgehead atoms. The van der Waals surface area contributed by atoms with Crippen LogP contribution in [0.4, 0.5) is 0 Å². The summed E-state index contributed by atoms with van der Waals surface area (Å²) >= 11 is 0. The van der Waals surface area contributed by atoms with Crippen LogP contribution in [0.1, 0.15) is 54.0 Å². The molecule has 0 aromatic heterocycles. The number of ether oxygens (including phenoxy) is 4. The van der Waals surface area contributed by atoms with Crippen LogP contribution in [0.5, 0.6) is 17.2 Å². The normalized spacial score (nSPS) is 12.1. The van der Waals surface area contributed by atoms with E-state index in [2.05, 4.69) is 20.8 Å². The Morgan fingerprint density at radius 1 is 0.828 bits per heavy atom. The highest BCUT2D eigenvalue weighted by Crippen LogP contribution is 2.40. The van der Waals surface area contributed by atoms with E-state index < -0.39 is 12.1 Å². The van der Waals surface area contributed by atoms with Crippen LogP contribution >= 0.6 is 0 Å². The van der Waals surface area contributed by atoms with Gasteiger partial charge in [0.25, 0.3) is 0 Å². The minimum Gasteiger partial charge on any atom is -0.493 e. The molecular weight excluding hydrogens is 372 g/mol. The summed E-state index contributed by atoms with van der Waals surface area (Å²) < 4.78 is 21.2. The SMILES string of the molecule is COc1ccc(C(=O)OC(C)C(=O)c2ccc(C(C)(C)C)cc2)c(OC)c1OC. The average Bonchev–Trinajstić information content (AvgIpc) is 2.71. The van der Waals surface area contributed by atoms with Crippen LogP contribution in [0, 0.1) is 0 Å². The Kier molecular flexibility index (Phi) is 6.90. The molecule has 0 aliphatic rings. The van der Waals surface area contributed by atoms with Gasteiger partial charge in [0.15, 0.2) is 17.6 Å². The molecule has 2 aromatic rings. The molecule has 1 atom stereocenters. The summed E-state index contributed by atoms with van der Waals surface area (Å²) in [6.07, 6.45) is -0.958. The molecule has 29 heavy (non-hydrogen) atoms. The lowest BCUT2D eigenvalue weighted by Crippen LogP contribution is -2.25. The Labute approximate surface area is 171 Å². The van der Waals surface area contributed by atoms with E-state index in [0.717, 1.165) is 5.56 Å². The lowest BCUT2D eigenvalue weighted by atomic mass is 9.86. The van der Waals surface area contributed by atoms with E-state index in [1.165, 1.54) is 27.4 Å². The largest absolute Gasteiger partial charge is 0.493 e. The third kappa shape index (κ3) is 4.88. The first-order chi connectivity index (χ1) is 13.6. The summed E-state index contributed by atoms with van der Waals surface area (Å²) in [7, 11) is 4.35. The van der Waals surface area contributed by atoms with Crippen molar-refractivity contribution in [3.63, 3.8) is 0 Å². The molecule has 0 N–H and O–H groups in total. The molecule has 6 nitrogen and oxygen atoms in total. The van der Waals surface area contributed by atoms with Crippen molar-refractivity contribution in [2.24, 2.45) is 0 Å². The smallest absolute Gasteiger partial charge is 0.342 e. The highest BCUT2D eigenvalue weighted by Gasteiger charge is 2.26. The Balaban J connectivity index is 2.21. The molecule has 6 heteroatoms. The maximum atomic E-state index is 12.7. The van der Waals surface area contributed by atoms with E-state index >= 15 is 0 Å². The van der Waals surface area contributed by atoms with E-state index in [-0.39, 0.29) is 28.3 Å². The first kappa shape index (κ1) is 22.3. The van der Waals surface area contributed by atoms with Crippen LogP contribution in [0.2, 0.25) is 0 Å². The number of hydrogen-bond donors (Lipinski definition) is 0. The molecule has 0 saturated carbocycles. The lowest BCUT2D eigenvalue weighted by molar-refractivity contribution is 0.0315. The van der Waals surface area contributed by atoms with Gasteiger partial charge in [-0.25, -0.2) is 4.79 Å². The topological polar surface area (TPSA) is 71.1 Å². The van der Waals surface area contributed by atoms with Gasteiger partial charge in [-0.2, -0.15) is 0 Å². The van der Waals surface area contributed by atoms with Gasteiger partial charge in [0.1, 0.15) is 5.56 Å². The number of carbonyl (C=O) groups excluding carboxylic acids is 2. The Morgan fingerprint density at radius 2 is 1.41 bits per heavy atom. The fourth-order valence-electron chi connectivity index (χ4n) is 2.91. The molecule has 0 aliphatic heterocycles. The second kappa shape index (κ2) is 8.99. The molecule has 1 unspecified atom stereocenters. The quantitative estimate of drug-likeness (QED) is 0.505. The standard InChI is InChI=1S/C23H28O6/c1-14(19(24)15-8-10-16(11-9-15)23(2,3)4)29-22(25)17-12-13-18(26-5)21(28-7)20(17)27-6/h8-14H,1-7H3. The van der Waals surface area contributed by atoms with Gasteiger partial charge in [0.2, 0.25) is 11.5 Å². The predicted octanol–water partition coefficient (Wildman–Crippen LogP) is 4.44. The molecule has 156 valence electrons. The summed E-state index contributed by atoms with van der Waals surface area (Å²) in [6, 6.07) is 10.4. The number of rotatable bonds is 7. The Morgan fingerprint density at radius 3 is 1.90 bits per heavy atom. The molecule has 0 spiro atoms. The van der Waals surface area contributed by atoms with Crippen molar-refractivity contribution in [1.82, 2.24) is 0 Å². The molecule has 0 amide bonds. The third-order valence-corrected chi connectivity index (χ3v) is 4.61. The van der Waals surface area contributed by atoms with Gasteiger partial charge in [0, 0.05) is 5.56 Å². The zero-order valence-corrected chi connectivity index (χ0v) is 18.0. The maximum Gasteiger partial charge on any atom is 0.342 e. The lowest BCUT2D eigenvalue weighted by Gasteiger charge is -2.19. The second-order valence-electron chi connectivity index (χ2n) is 7.62. The van der Waals surface area contributed by atoms with E-state index in [9.17, 15) is 9.59 Å². The first-order valence-corrected chi connectivity index (χ1v) is 9.28. The zero-order chi connectivity index (χ0) is 21.8. The van der Waals surface area contributed by atoms with Gasteiger partial charge >= 0.3 is 5.97 Å². The minimum atomic E-state index is -0.958. The number of ketones is 1. The Bertz CT molecular complexity index is 877. The first-order valence-electron chi connectivity index (χ1n) is 9.28. The van der Waals surface area contributed by atoms with Crippen LogP contribution in [0.3, 0.4) is 0 Å². The van der Waals surface area contributed by atoms with Crippen LogP contribution in [-0.2, 0) is 10.2 Å². The molecule has 2 aromatic carbocycles. The van der Waals surface area contributed by atoms with E-state index in [1.54, 1.807) is 25.1 Å². The van der Waals surface area contributed by atoms with Crippen LogP contribution in [0.15, 0.2) is 36.4 Å². The van der Waals surface area contributed by atoms with Crippen LogP contribution in [-0.4, -0.2) is 39.2 Å². The average molecular weight is 400 g/mol. The fourth-order valence-corrected chi connectivity index (χ4v) is 2.91. The van der Waals surface area contributed by atoms with E-state index in [0.29, 0.717) is 11.3 Å². The fraction of sp³-hybridized carbons (Fsp3) is 0.391. The highest BCUT2D eigenvalue weighted by atomic mass is 16.6. The molecule has 2 rings (SSSR count). The van der Waals surface area contributed by atoms with Crippen LogP contribution in [0.25, 0.3) is 0 Å². The number of benzene rings is 2. The van der Waals surface area contributed by atoms with Crippen molar-refractivity contribution in [3.8, 4) is 17.2 Å². The van der Waals surface area contributed by atoms with E-state index in [4.69, 9.17) is 18.9 Å². The molecular formula is C23H28O6. The zero-order valence-electron chi connectivity index (χ0n) is 18.0. The molecule has 0 saturated heterocycles. The van der Waals surface area contributed by atoms with Gasteiger partial charge in [0.05, 0.1) is 21.3 Å². The minimum absolute atomic E-state index is 0.0103. The van der Waals surface area contributed by atoms with Gasteiger partial charge in [-0.15, -0.1) is 0 Å². The van der Waals surface area contributed by atoms with Crippen LogP contribution < -0.4 is 14.2 Å². The van der Waals surface area contributed by atoms with E-state index in [1.807, 2.05) is 12.1 Å². The molecule has 0 radical (unpaired) electrons. The summed E-state index contributed by atoms with van der Waals surface area (Å²) in [5.74, 6) is -0.0793. The van der Waals surface area contributed by atoms with Crippen molar-refractivity contribution < 1.29 is 28.5 Å². The van der Waals surface area contributed by atoms with Crippen molar-refractivity contribution in [2.75, 3.05) is 21.3 Å². The van der Waals surface area contributed by atoms with Gasteiger partial charge < -0.3 is 18.9 Å². The van der Waals surface area contributed by atoms with Crippen molar-refractivity contribution in [3.05, 3.63) is 53.1 Å². The summed E-state index contributed by atoms with van der Waals surface area (Å²) in [4.78, 5) is 25.4. The highest BCUT2D eigenvalue weighted by molar-refractivity contribution is 6.02.